The quantitative estimate of drug-likeness (QED) is 0.104. The molecule has 0 unspecified atom stereocenters. The fraction of sp³-hybridized carbons (Fsp3) is 0.243. The molecule has 3 aromatic carbocycles. The molecule has 0 bridgehead atoms. The number of carboxylic acids is 1. The van der Waals surface area contributed by atoms with Crippen LogP contribution in [0.2, 0.25) is 0 Å². The normalized spacial score (nSPS) is 17.6. The highest BCUT2D eigenvalue weighted by Gasteiger charge is 2.53. The number of ketones is 1. The van der Waals surface area contributed by atoms with E-state index in [1.807, 2.05) is 72.9 Å². The van der Waals surface area contributed by atoms with E-state index in [0.29, 0.717) is 34.9 Å². The van der Waals surface area contributed by atoms with E-state index in [0.717, 1.165) is 31.6 Å². The number of benzene rings is 3. The van der Waals surface area contributed by atoms with Gasteiger partial charge in [-0.1, -0.05) is 30.0 Å². The summed E-state index contributed by atoms with van der Waals surface area (Å²) in [4.78, 5) is 59.7. The van der Waals surface area contributed by atoms with Gasteiger partial charge in [0.25, 0.3) is 0 Å². The molecule has 1 saturated heterocycles. The van der Waals surface area contributed by atoms with Gasteiger partial charge in [0.1, 0.15) is 17.2 Å². The van der Waals surface area contributed by atoms with E-state index in [9.17, 15) is 24.3 Å². The van der Waals surface area contributed by atoms with Crippen LogP contribution in [0, 0.1) is 5.92 Å². The number of nitrogens with two attached hydrogens (primary N) is 1. The van der Waals surface area contributed by atoms with Crippen molar-refractivity contribution in [2.75, 3.05) is 41.7 Å². The standard InChI is InChI=1S/C37H35N5O6S3/c1-39(2)23-8-12-29-31(16-23)51-32-17-24(40(3)38)9-13-30(32)41(29)37(47)48-26-10-6-21(7-11-26)15-22-20-50-35-28(34(44)42(35)33(22)36(45)46)19-25(43)18-27-5-4-14-49-27/h4-14,16-17,28,35H,15,18-20,38H2,1-3H3,(H,45,46)/t28-,35-/m1/s1. The molecule has 3 aliphatic heterocycles. The number of β-lactam (4-membered cyclic amide) rings is 1. The van der Waals surface area contributed by atoms with Crippen molar-refractivity contribution in [3.05, 3.63) is 99.9 Å². The predicted molar refractivity (Wildman–Crippen MR) is 201 cm³/mol. The van der Waals surface area contributed by atoms with Crippen molar-refractivity contribution in [3.8, 4) is 5.75 Å². The Bertz CT molecular complexity index is 2010. The SMILES string of the molecule is CN(C)c1ccc2c(c1)Sc1cc(N(C)N)ccc1N2C(=O)Oc1ccc(CC2=C(C(=O)O)N3C(=O)[C@@H](CC(=O)Cc4cccs4)[C@H]3SC2)cc1. The first-order valence-corrected chi connectivity index (χ1v) is 18.9. The number of hydrazine groups is 1. The number of thiophene rings is 1. The Morgan fingerprint density at radius 1 is 0.961 bits per heavy atom. The van der Waals surface area contributed by atoms with Crippen molar-refractivity contribution in [2.24, 2.45) is 11.8 Å². The molecule has 0 saturated carbocycles. The first-order chi connectivity index (χ1) is 24.5. The zero-order valence-corrected chi connectivity index (χ0v) is 30.5. The maximum Gasteiger partial charge on any atom is 0.424 e. The van der Waals surface area contributed by atoms with Crippen LogP contribution >= 0.6 is 34.9 Å². The van der Waals surface area contributed by atoms with Crippen LogP contribution in [0.15, 0.2) is 99.2 Å². The van der Waals surface area contributed by atoms with E-state index in [2.05, 4.69) is 0 Å². The van der Waals surface area contributed by atoms with Crippen molar-refractivity contribution in [1.82, 2.24) is 4.90 Å². The molecule has 0 aliphatic carbocycles. The molecular weight excluding hydrogens is 707 g/mol. The monoisotopic (exact) mass is 741 g/mol. The second-order valence-corrected chi connectivity index (χ2v) is 15.9. The first-order valence-electron chi connectivity index (χ1n) is 16.1. The summed E-state index contributed by atoms with van der Waals surface area (Å²) in [5.74, 6) is 4.71. The number of carbonyl (C=O) groups is 4. The maximum absolute atomic E-state index is 13.8. The number of nitrogens with zero attached hydrogens (tertiary/aromatic N) is 4. The minimum absolute atomic E-state index is 0.0112. The Morgan fingerprint density at radius 2 is 1.65 bits per heavy atom. The van der Waals surface area contributed by atoms with Crippen molar-refractivity contribution in [3.63, 3.8) is 0 Å². The lowest BCUT2D eigenvalue weighted by atomic mass is 9.89. The second-order valence-electron chi connectivity index (χ2n) is 12.7. The molecule has 4 aromatic rings. The number of carboxylic acid groups (broad SMARTS) is 1. The molecular formula is C37H35N5O6S3. The van der Waals surface area contributed by atoms with Crippen LogP contribution in [-0.4, -0.2) is 66.0 Å². The summed E-state index contributed by atoms with van der Waals surface area (Å²) in [6.07, 6.45) is 0.101. The molecule has 0 radical (unpaired) electrons. The van der Waals surface area contributed by atoms with Crippen molar-refractivity contribution in [1.29, 1.82) is 0 Å². The number of anilines is 4. The minimum Gasteiger partial charge on any atom is -0.477 e. The van der Waals surface area contributed by atoms with Crippen LogP contribution in [0.25, 0.3) is 0 Å². The molecule has 4 heterocycles. The van der Waals surface area contributed by atoms with Gasteiger partial charge in [0.05, 0.1) is 28.4 Å². The smallest absolute Gasteiger partial charge is 0.424 e. The number of thioether (sulfide) groups is 1. The van der Waals surface area contributed by atoms with Gasteiger partial charge in [0, 0.05) is 60.1 Å². The average Bonchev–Trinajstić information content (AvgIpc) is 3.62. The highest BCUT2D eigenvalue weighted by molar-refractivity contribution is 8.00. The van der Waals surface area contributed by atoms with Gasteiger partial charge in [0.2, 0.25) is 5.91 Å². The van der Waals surface area contributed by atoms with Gasteiger partial charge < -0.3 is 19.8 Å². The molecule has 3 N–H and O–H groups in total. The maximum atomic E-state index is 13.8. The molecule has 1 aromatic heterocycles. The number of ether oxygens (including phenoxy) is 1. The lowest BCUT2D eigenvalue weighted by Crippen LogP contribution is -2.61. The summed E-state index contributed by atoms with van der Waals surface area (Å²) < 4.78 is 5.90. The highest BCUT2D eigenvalue weighted by atomic mass is 32.2. The average molecular weight is 742 g/mol. The molecule has 1 fully saturated rings. The third-order valence-electron chi connectivity index (χ3n) is 9.00. The Hall–Kier alpha value is -4.76. The zero-order valence-electron chi connectivity index (χ0n) is 28.1. The third-order valence-corrected chi connectivity index (χ3v) is 12.4. The Labute approximate surface area is 307 Å². The van der Waals surface area contributed by atoms with Crippen LogP contribution in [0.1, 0.15) is 16.9 Å². The molecule has 51 heavy (non-hydrogen) atoms. The number of carbonyl (C=O) groups excluding carboxylic acids is 3. The van der Waals surface area contributed by atoms with Gasteiger partial charge in [-0.05, 0) is 77.5 Å². The van der Waals surface area contributed by atoms with Crippen molar-refractivity contribution >= 4 is 81.4 Å². The van der Waals surface area contributed by atoms with Crippen molar-refractivity contribution < 1.29 is 29.0 Å². The minimum atomic E-state index is -1.17. The summed E-state index contributed by atoms with van der Waals surface area (Å²) in [7, 11) is 5.67. The summed E-state index contributed by atoms with van der Waals surface area (Å²) >= 11 is 4.55. The highest BCUT2D eigenvalue weighted by Crippen LogP contribution is 2.50. The number of hydrogen-bond donors (Lipinski definition) is 2. The van der Waals surface area contributed by atoms with Gasteiger partial charge in [-0.2, -0.15) is 0 Å². The molecule has 11 nitrogen and oxygen atoms in total. The predicted octanol–water partition coefficient (Wildman–Crippen LogP) is 6.54. The molecule has 7 rings (SSSR count). The summed E-state index contributed by atoms with van der Waals surface area (Å²) in [5, 5.41) is 13.2. The van der Waals surface area contributed by atoms with Crippen LogP contribution in [0.5, 0.6) is 5.75 Å². The van der Waals surface area contributed by atoms with E-state index in [1.54, 1.807) is 48.0 Å². The van der Waals surface area contributed by atoms with Gasteiger partial charge in [-0.25, -0.2) is 20.3 Å². The Morgan fingerprint density at radius 3 is 2.27 bits per heavy atom. The lowest BCUT2D eigenvalue weighted by molar-refractivity contribution is -0.153. The van der Waals surface area contributed by atoms with E-state index in [-0.39, 0.29) is 35.6 Å². The molecule has 2 atom stereocenters. The third kappa shape index (κ3) is 6.84. The summed E-state index contributed by atoms with van der Waals surface area (Å²) in [5.41, 5.74) is 4.57. The second kappa shape index (κ2) is 14.1. The number of fused-ring (bicyclic) bond motifs is 3. The largest absolute Gasteiger partial charge is 0.477 e. The number of rotatable bonds is 10. The van der Waals surface area contributed by atoms with Crippen LogP contribution in [-0.2, 0) is 27.2 Å². The van der Waals surface area contributed by atoms with E-state index in [1.165, 1.54) is 33.0 Å². The fourth-order valence-corrected chi connectivity index (χ4v) is 9.70. The molecule has 262 valence electrons. The van der Waals surface area contributed by atoms with Gasteiger partial charge in [0.15, 0.2) is 0 Å². The zero-order chi connectivity index (χ0) is 36.0. The van der Waals surface area contributed by atoms with E-state index < -0.39 is 18.0 Å². The first kappa shape index (κ1) is 34.7. The lowest BCUT2D eigenvalue weighted by Gasteiger charge is -2.49. The molecule has 2 amide bonds. The van der Waals surface area contributed by atoms with Crippen LogP contribution in [0.3, 0.4) is 0 Å². The topological polar surface area (TPSA) is 137 Å². The Balaban J connectivity index is 1.06. The molecule has 3 aliphatic rings. The van der Waals surface area contributed by atoms with E-state index >= 15 is 0 Å². The van der Waals surface area contributed by atoms with Gasteiger partial charge in [-0.3, -0.25) is 14.5 Å². The fourth-order valence-electron chi connectivity index (χ4n) is 6.43. The number of Topliss-reactive ketones (excluding diaryl/α,β-unsaturated/α-hetero) is 1. The van der Waals surface area contributed by atoms with Gasteiger partial charge in [-0.15, -0.1) is 23.1 Å². The van der Waals surface area contributed by atoms with Gasteiger partial charge >= 0.3 is 12.1 Å². The van der Waals surface area contributed by atoms with E-state index in [4.69, 9.17) is 10.6 Å². The Kier molecular flexibility index (Phi) is 9.59. The number of amides is 2. The van der Waals surface area contributed by atoms with Crippen LogP contribution in [0.4, 0.5) is 27.5 Å². The van der Waals surface area contributed by atoms with Crippen molar-refractivity contribution in [2.45, 2.75) is 34.4 Å². The molecule has 14 heteroatoms. The number of aliphatic carboxylic acids is 1. The summed E-state index contributed by atoms with van der Waals surface area (Å²) in [6, 6.07) is 22.2. The number of hydrogen-bond acceptors (Lipinski definition) is 11. The summed E-state index contributed by atoms with van der Waals surface area (Å²) in [6.45, 7) is 0. The van der Waals surface area contributed by atoms with Crippen LogP contribution < -0.4 is 25.4 Å². The molecule has 0 spiro atoms.